The van der Waals surface area contributed by atoms with E-state index in [2.05, 4.69) is 41.0 Å². The number of fused-ring (bicyclic) bond motifs is 1. The van der Waals surface area contributed by atoms with E-state index in [1.807, 2.05) is 24.3 Å². The summed E-state index contributed by atoms with van der Waals surface area (Å²) in [7, 11) is 0. The van der Waals surface area contributed by atoms with Crippen LogP contribution in [0.25, 0.3) is 11.0 Å². The van der Waals surface area contributed by atoms with Crippen molar-refractivity contribution in [3.63, 3.8) is 0 Å². The Kier molecular flexibility index (Phi) is 3.73. The van der Waals surface area contributed by atoms with Crippen LogP contribution in [0.1, 0.15) is 5.56 Å². The molecule has 0 radical (unpaired) electrons. The monoisotopic (exact) mass is 320 g/mol. The number of anilines is 2. The van der Waals surface area contributed by atoms with Gasteiger partial charge in [-0.2, -0.15) is 0 Å². The van der Waals surface area contributed by atoms with E-state index in [0.717, 1.165) is 37.3 Å². The molecule has 1 saturated heterocycles. The lowest BCUT2D eigenvalue weighted by Crippen LogP contribution is -2.46. The van der Waals surface area contributed by atoms with Crippen molar-refractivity contribution in [1.29, 1.82) is 0 Å². The van der Waals surface area contributed by atoms with Crippen LogP contribution in [0.2, 0.25) is 0 Å². The Morgan fingerprint density at radius 3 is 2.29 bits per heavy atom. The number of piperazine rings is 1. The molecule has 1 fully saturated rings. The van der Waals surface area contributed by atoms with Gasteiger partial charge in [0.1, 0.15) is 5.58 Å². The standard InChI is InChI=1S/C20H20N2O2/c1-15-6-8-16(9-7-15)21-10-12-22(13-11-21)18-14-20(23)24-19-5-3-2-4-17(18)19/h2-9,14H,10-13H2,1H3. The lowest BCUT2D eigenvalue weighted by atomic mass is 10.1. The van der Waals surface area contributed by atoms with E-state index >= 15 is 0 Å². The largest absolute Gasteiger partial charge is 0.423 e. The van der Waals surface area contributed by atoms with Gasteiger partial charge >= 0.3 is 5.63 Å². The zero-order valence-corrected chi connectivity index (χ0v) is 13.7. The number of aryl methyl sites for hydroxylation is 1. The van der Waals surface area contributed by atoms with Crippen LogP contribution in [0, 0.1) is 6.92 Å². The fourth-order valence-electron chi connectivity index (χ4n) is 3.32. The second kappa shape index (κ2) is 6.04. The molecule has 1 aliphatic heterocycles. The van der Waals surface area contributed by atoms with Crippen LogP contribution in [0.4, 0.5) is 11.4 Å². The molecule has 0 aliphatic carbocycles. The third-order valence-electron chi connectivity index (χ3n) is 4.65. The van der Waals surface area contributed by atoms with Crippen LogP contribution in [0.5, 0.6) is 0 Å². The normalized spacial score (nSPS) is 15.0. The van der Waals surface area contributed by atoms with Crippen molar-refractivity contribution in [2.24, 2.45) is 0 Å². The molecule has 3 aromatic rings. The van der Waals surface area contributed by atoms with Crippen LogP contribution in [-0.4, -0.2) is 26.2 Å². The smallest absolute Gasteiger partial charge is 0.338 e. The van der Waals surface area contributed by atoms with Gasteiger partial charge in [-0.3, -0.25) is 0 Å². The molecule has 0 bridgehead atoms. The van der Waals surface area contributed by atoms with E-state index in [-0.39, 0.29) is 5.63 Å². The molecule has 4 nitrogen and oxygen atoms in total. The molecule has 2 heterocycles. The van der Waals surface area contributed by atoms with Crippen molar-refractivity contribution in [2.75, 3.05) is 36.0 Å². The Hall–Kier alpha value is -2.75. The molecule has 0 saturated carbocycles. The van der Waals surface area contributed by atoms with Crippen LogP contribution in [0.15, 0.2) is 63.8 Å². The van der Waals surface area contributed by atoms with E-state index in [1.165, 1.54) is 11.3 Å². The van der Waals surface area contributed by atoms with E-state index in [0.29, 0.717) is 5.58 Å². The molecule has 4 heteroatoms. The van der Waals surface area contributed by atoms with Gasteiger partial charge in [-0.25, -0.2) is 4.79 Å². The maximum absolute atomic E-state index is 11.9. The quantitative estimate of drug-likeness (QED) is 0.678. The first-order chi connectivity index (χ1) is 11.7. The molecule has 0 amide bonds. The number of rotatable bonds is 2. The Bertz CT molecular complexity index is 907. The number of benzene rings is 2. The van der Waals surface area contributed by atoms with Crippen LogP contribution in [-0.2, 0) is 0 Å². The summed E-state index contributed by atoms with van der Waals surface area (Å²) in [6.45, 7) is 5.77. The molecule has 1 aliphatic rings. The number of para-hydroxylation sites is 1. The fourth-order valence-corrected chi connectivity index (χ4v) is 3.32. The molecule has 122 valence electrons. The van der Waals surface area contributed by atoms with Gasteiger partial charge in [-0.15, -0.1) is 0 Å². The topological polar surface area (TPSA) is 36.7 Å². The Labute approximate surface area is 140 Å². The van der Waals surface area contributed by atoms with Crippen molar-refractivity contribution < 1.29 is 4.42 Å². The first-order valence-corrected chi connectivity index (χ1v) is 8.30. The summed E-state index contributed by atoms with van der Waals surface area (Å²) < 4.78 is 5.30. The van der Waals surface area contributed by atoms with Gasteiger partial charge in [0, 0.05) is 43.3 Å². The van der Waals surface area contributed by atoms with Gasteiger partial charge in [0.05, 0.1) is 5.69 Å². The van der Waals surface area contributed by atoms with Gasteiger partial charge in [0.15, 0.2) is 0 Å². The molecular weight excluding hydrogens is 300 g/mol. The van der Waals surface area contributed by atoms with Gasteiger partial charge in [0.25, 0.3) is 0 Å². The van der Waals surface area contributed by atoms with Crippen molar-refractivity contribution >= 4 is 22.3 Å². The minimum absolute atomic E-state index is 0.287. The summed E-state index contributed by atoms with van der Waals surface area (Å²) in [4.78, 5) is 16.5. The predicted molar refractivity (Wildman–Crippen MR) is 98.1 cm³/mol. The zero-order chi connectivity index (χ0) is 16.5. The van der Waals surface area contributed by atoms with Gasteiger partial charge in [-0.05, 0) is 31.2 Å². The molecular formula is C20H20N2O2. The molecule has 2 aromatic carbocycles. The minimum Gasteiger partial charge on any atom is -0.423 e. The summed E-state index contributed by atoms with van der Waals surface area (Å²) in [5.41, 5.74) is 3.88. The van der Waals surface area contributed by atoms with Gasteiger partial charge in [-0.1, -0.05) is 29.8 Å². The molecule has 1 aromatic heterocycles. The highest BCUT2D eigenvalue weighted by molar-refractivity contribution is 5.90. The second-order valence-corrected chi connectivity index (χ2v) is 6.26. The van der Waals surface area contributed by atoms with Crippen molar-refractivity contribution in [3.8, 4) is 0 Å². The summed E-state index contributed by atoms with van der Waals surface area (Å²) >= 11 is 0. The first-order valence-electron chi connectivity index (χ1n) is 8.30. The first kappa shape index (κ1) is 14.8. The summed E-state index contributed by atoms with van der Waals surface area (Å²) in [6, 6.07) is 18.0. The average Bonchev–Trinajstić information content (AvgIpc) is 2.62. The van der Waals surface area contributed by atoms with Crippen LogP contribution < -0.4 is 15.4 Å². The Balaban J connectivity index is 1.58. The highest BCUT2D eigenvalue weighted by Gasteiger charge is 2.20. The predicted octanol–water partition coefficient (Wildman–Crippen LogP) is 3.43. The number of hydrogen-bond acceptors (Lipinski definition) is 4. The highest BCUT2D eigenvalue weighted by atomic mass is 16.4. The van der Waals surface area contributed by atoms with Crippen LogP contribution in [0.3, 0.4) is 0 Å². The lowest BCUT2D eigenvalue weighted by Gasteiger charge is -2.37. The second-order valence-electron chi connectivity index (χ2n) is 6.26. The Morgan fingerprint density at radius 1 is 0.875 bits per heavy atom. The maximum Gasteiger partial charge on any atom is 0.338 e. The molecule has 0 N–H and O–H groups in total. The molecule has 0 unspecified atom stereocenters. The summed E-state index contributed by atoms with van der Waals surface area (Å²) in [5, 5.41) is 1.00. The third-order valence-corrected chi connectivity index (χ3v) is 4.65. The fraction of sp³-hybridized carbons (Fsp3) is 0.250. The Morgan fingerprint density at radius 2 is 1.54 bits per heavy atom. The molecule has 0 atom stereocenters. The molecule has 0 spiro atoms. The lowest BCUT2D eigenvalue weighted by molar-refractivity contribution is 0.559. The number of nitrogens with zero attached hydrogens (tertiary/aromatic N) is 2. The van der Waals surface area contributed by atoms with Crippen molar-refractivity contribution in [3.05, 3.63) is 70.6 Å². The summed E-state index contributed by atoms with van der Waals surface area (Å²) in [5.74, 6) is 0. The SMILES string of the molecule is Cc1ccc(N2CCN(c3cc(=O)oc4ccccc34)CC2)cc1. The van der Waals surface area contributed by atoms with E-state index in [4.69, 9.17) is 4.42 Å². The summed E-state index contributed by atoms with van der Waals surface area (Å²) in [6.07, 6.45) is 0. The van der Waals surface area contributed by atoms with E-state index < -0.39 is 0 Å². The van der Waals surface area contributed by atoms with E-state index in [1.54, 1.807) is 6.07 Å². The zero-order valence-electron chi connectivity index (χ0n) is 13.7. The van der Waals surface area contributed by atoms with Gasteiger partial charge in [0.2, 0.25) is 0 Å². The third kappa shape index (κ3) is 2.75. The van der Waals surface area contributed by atoms with Crippen molar-refractivity contribution in [2.45, 2.75) is 6.92 Å². The average molecular weight is 320 g/mol. The molecule has 24 heavy (non-hydrogen) atoms. The van der Waals surface area contributed by atoms with Crippen molar-refractivity contribution in [1.82, 2.24) is 0 Å². The van der Waals surface area contributed by atoms with Crippen LogP contribution >= 0.6 is 0 Å². The highest BCUT2D eigenvalue weighted by Crippen LogP contribution is 2.27. The van der Waals surface area contributed by atoms with E-state index in [9.17, 15) is 4.79 Å². The number of hydrogen-bond donors (Lipinski definition) is 0. The molecule has 4 rings (SSSR count). The maximum atomic E-state index is 11.9. The van der Waals surface area contributed by atoms with Gasteiger partial charge < -0.3 is 14.2 Å². The minimum atomic E-state index is -0.287.